The van der Waals surface area contributed by atoms with Crippen LogP contribution < -0.4 is 14.8 Å². The van der Waals surface area contributed by atoms with Crippen molar-refractivity contribution in [3.63, 3.8) is 0 Å². The van der Waals surface area contributed by atoms with Gasteiger partial charge in [-0.2, -0.15) is 5.10 Å². The predicted octanol–water partition coefficient (Wildman–Crippen LogP) is 5.17. The number of benzene rings is 1. The van der Waals surface area contributed by atoms with E-state index in [1.807, 2.05) is 13.8 Å². The Bertz CT molecular complexity index is 1950. The highest BCUT2D eigenvalue weighted by Gasteiger charge is 2.32. The van der Waals surface area contributed by atoms with E-state index in [0.29, 0.717) is 40.3 Å². The van der Waals surface area contributed by atoms with Gasteiger partial charge < -0.3 is 14.8 Å². The molecule has 3 atom stereocenters. The molecular formula is C30H31F2N7O5S2. The van der Waals surface area contributed by atoms with Crippen LogP contribution in [0.2, 0.25) is 0 Å². The summed E-state index contributed by atoms with van der Waals surface area (Å²) in [6, 6.07) is 4.95. The lowest BCUT2D eigenvalue weighted by Gasteiger charge is -2.34. The maximum Gasteiger partial charge on any atom is 0.275 e. The van der Waals surface area contributed by atoms with E-state index in [-0.39, 0.29) is 35.9 Å². The second-order valence-corrected chi connectivity index (χ2v) is 14.0. The van der Waals surface area contributed by atoms with Crippen molar-refractivity contribution in [2.45, 2.75) is 44.3 Å². The summed E-state index contributed by atoms with van der Waals surface area (Å²) >= 11 is 1.41. The standard InChI is InChI=1S/C30H31F2N7O5S2/c1-16-12-39(13-17(2)44-16)14-28-35-26(15-45-28)29(40)36-23-6-18(7-24-21(23)11-34-37-24)19-8-25(30(43-3)33-10-19)38-46(41,42)27-5-4-20(31)9-22(27)32/h4,6-11,15-17,27,38H,5,12-14H2,1-3H3,(H,34,37)(H,36,40)/t16-,17+,27?. The first-order valence-corrected chi connectivity index (χ1v) is 16.8. The maximum atomic E-state index is 14.4. The number of nitrogens with one attached hydrogen (secondary N) is 3. The fourth-order valence-corrected chi connectivity index (χ4v) is 7.69. The van der Waals surface area contributed by atoms with Crippen LogP contribution in [-0.2, 0) is 21.3 Å². The lowest BCUT2D eigenvalue weighted by molar-refractivity contribution is -0.0705. The Hall–Kier alpha value is -4.25. The summed E-state index contributed by atoms with van der Waals surface area (Å²) in [7, 11) is -3.03. The smallest absolute Gasteiger partial charge is 0.275 e. The number of anilines is 2. The van der Waals surface area contributed by atoms with Gasteiger partial charge in [0.25, 0.3) is 5.91 Å². The first kappa shape index (κ1) is 31.7. The van der Waals surface area contributed by atoms with Gasteiger partial charge in [0, 0.05) is 41.7 Å². The Balaban J connectivity index is 1.24. The number of pyridine rings is 1. The number of thiazole rings is 1. The molecule has 1 unspecified atom stereocenters. The van der Waals surface area contributed by atoms with Crippen molar-refractivity contribution in [1.29, 1.82) is 0 Å². The van der Waals surface area contributed by atoms with Crippen molar-refractivity contribution < 1.29 is 31.5 Å². The number of aromatic amines is 1. The van der Waals surface area contributed by atoms with Gasteiger partial charge in [-0.15, -0.1) is 11.3 Å². The number of carbonyl (C=O) groups excluding carboxylic acids is 1. The fourth-order valence-electron chi connectivity index (χ4n) is 5.56. The van der Waals surface area contributed by atoms with Crippen molar-refractivity contribution in [3.05, 3.63) is 70.5 Å². The predicted molar refractivity (Wildman–Crippen MR) is 171 cm³/mol. The normalized spacial score (nSPS) is 20.7. The molecule has 1 amide bonds. The minimum atomic E-state index is -4.35. The van der Waals surface area contributed by atoms with E-state index in [4.69, 9.17) is 9.47 Å². The molecule has 0 bridgehead atoms. The summed E-state index contributed by atoms with van der Waals surface area (Å²) in [5, 5.41) is 11.5. The highest BCUT2D eigenvalue weighted by molar-refractivity contribution is 7.93. The van der Waals surface area contributed by atoms with E-state index in [9.17, 15) is 22.0 Å². The number of morpholine rings is 1. The van der Waals surface area contributed by atoms with Crippen LogP contribution >= 0.6 is 11.3 Å². The number of amides is 1. The molecule has 3 N–H and O–H groups in total. The van der Waals surface area contributed by atoms with Gasteiger partial charge in [0.1, 0.15) is 33.3 Å². The number of hydrogen-bond donors (Lipinski definition) is 3. The summed E-state index contributed by atoms with van der Waals surface area (Å²) in [6.45, 7) is 6.25. The number of rotatable bonds is 9. The Morgan fingerprint density at radius 2 is 1.91 bits per heavy atom. The van der Waals surface area contributed by atoms with Crippen LogP contribution in [0.1, 0.15) is 35.8 Å². The molecule has 46 heavy (non-hydrogen) atoms. The summed E-state index contributed by atoms with van der Waals surface area (Å²) in [4.78, 5) is 24.4. The molecule has 16 heteroatoms. The molecule has 0 saturated carbocycles. The molecule has 1 aromatic carbocycles. The molecule has 2 aliphatic rings. The SMILES string of the molecule is COc1ncc(-c2cc(NC(=O)c3csc(CN4C[C@@H](C)O[C@@H](C)C4)n3)c3cn[nH]c3c2)cc1NS(=O)(=O)C1CC=C(F)C=C1F. The van der Waals surface area contributed by atoms with Gasteiger partial charge in [0.2, 0.25) is 15.9 Å². The molecule has 6 rings (SSSR count). The van der Waals surface area contributed by atoms with Crippen LogP contribution in [0, 0.1) is 0 Å². The van der Waals surface area contributed by atoms with Crippen LogP contribution in [0.4, 0.5) is 20.2 Å². The number of carbonyl (C=O) groups is 1. The Morgan fingerprint density at radius 3 is 2.65 bits per heavy atom. The van der Waals surface area contributed by atoms with Crippen molar-refractivity contribution in [3.8, 4) is 17.0 Å². The quantitative estimate of drug-likeness (QED) is 0.219. The monoisotopic (exact) mass is 671 g/mol. The lowest BCUT2D eigenvalue weighted by atomic mass is 10.0. The van der Waals surface area contributed by atoms with Gasteiger partial charge in [0.05, 0.1) is 43.3 Å². The van der Waals surface area contributed by atoms with Crippen molar-refractivity contribution in [2.75, 3.05) is 30.2 Å². The van der Waals surface area contributed by atoms with E-state index in [2.05, 4.69) is 35.1 Å². The van der Waals surface area contributed by atoms with Crippen molar-refractivity contribution in [1.82, 2.24) is 25.1 Å². The molecule has 1 aliphatic heterocycles. The molecule has 1 saturated heterocycles. The van der Waals surface area contributed by atoms with E-state index in [1.165, 1.54) is 30.7 Å². The van der Waals surface area contributed by atoms with Crippen molar-refractivity contribution in [2.24, 2.45) is 0 Å². The summed E-state index contributed by atoms with van der Waals surface area (Å²) in [5.74, 6) is -2.40. The van der Waals surface area contributed by atoms with E-state index in [0.717, 1.165) is 24.2 Å². The number of fused-ring (bicyclic) bond motifs is 1. The van der Waals surface area contributed by atoms with Gasteiger partial charge in [-0.25, -0.2) is 27.2 Å². The van der Waals surface area contributed by atoms with Gasteiger partial charge in [-0.3, -0.25) is 19.5 Å². The van der Waals surface area contributed by atoms with Crippen LogP contribution in [0.5, 0.6) is 5.88 Å². The zero-order valence-corrected chi connectivity index (χ0v) is 26.7. The van der Waals surface area contributed by atoms with Gasteiger partial charge >= 0.3 is 0 Å². The minimum absolute atomic E-state index is 0.0443. The van der Waals surface area contributed by atoms with Crippen LogP contribution in [0.15, 0.2) is 59.8 Å². The number of hydrogen-bond acceptors (Lipinski definition) is 10. The maximum absolute atomic E-state index is 14.4. The highest BCUT2D eigenvalue weighted by Crippen LogP contribution is 2.35. The van der Waals surface area contributed by atoms with E-state index in [1.54, 1.807) is 23.7 Å². The number of nitrogens with zero attached hydrogens (tertiary/aromatic N) is 4. The van der Waals surface area contributed by atoms with Crippen LogP contribution in [0.25, 0.3) is 22.0 Å². The number of sulfonamides is 1. The zero-order chi connectivity index (χ0) is 32.6. The first-order chi connectivity index (χ1) is 22.0. The molecule has 0 radical (unpaired) electrons. The van der Waals surface area contributed by atoms with Gasteiger partial charge in [-0.05, 0) is 50.1 Å². The Morgan fingerprint density at radius 1 is 1.15 bits per heavy atom. The number of aromatic nitrogens is 4. The second kappa shape index (κ2) is 12.9. The third-order valence-electron chi connectivity index (χ3n) is 7.56. The van der Waals surface area contributed by atoms with Crippen molar-refractivity contribution >= 4 is 49.5 Å². The number of halogens is 2. The molecule has 1 fully saturated rings. The molecule has 3 aromatic heterocycles. The topological polar surface area (TPSA) is 151 Å². The molecule has 0 spiro atoms. The van der Waals surface area contributed by atoms with E-state index < -0.39 is 32.8 Å². The summed E-state index contributed by atoms with van der Waals surface area (Å²) in [6.07, 6.45) is 4.47. The third-order valence-corrected chi connectivity index (χ3v) is 10.1. The Labute approximate surface area is 267 Å². The molecule has 4 heterocycles. The van der Waals surface area contributed by atoms with Crippen LogP contribution in [-0.4, -0.2) is 77.0 Å². The largest absolute Gasteiger partial charge is 0.480 e. The fraction of sp³-hybridized carbons (Fsp3) is 0.333. The Kier molecular flexibility index (Phi) is 8.87. The zero-order valence-electron chi connectivity index (χ0n) is 25.1. The number of H-pyrrole nitrogens is 1. The lowest BCUT2D eigenvalue weighted by Crippen LogP contribution is -2.44. The average molecular weight is 672 g/mol. The molecule has 12 nitrogen and oxygen atoms in total. The van der Waals surface area contributed by atoms with Gasteiger partial charge in [-0.1, -0.05) is 0 Å². The minimum Gasteiger partial charge on any atom is -0.480 e. The first-order valence-electron chi connectivity index (χ1n) is 14.4. The highest BCUT2D eigenvalue weighted by atomic mass is 32.2. The number of ether oxygens (including phenoxy) is 2. The number of methoxy groups -OCH3 is 1. The molecular weight excluding hydrogens is 641 g/mol. The third kappa shape index (κ3) is 6.79. The summed E-state index contributed by atoms with van der Waals surface area (Å²) < 4.78 is 67.4. The summed E-state index contributed by atoms with van der Waals surface area (Å²) in [5.41, 5.74) is 2.29. The average Bonchev–Trinajstić information content (AvgIpc) is 3.66. The molecule has 242 valence electrons. The van der Waals surface area contributed by atoms with E-state index >= 15 is 0 Å². The van der Waals surface area contributed by atoms with Gasteiger partial charge in [0.15, 0.2) is 0 Å². The molecule has 1 aliphatic carbocycles. The number of allylic oxidation sites excluding steroid dienone is 3. The molecule has 4 aromatic rings. The second-order valence-electron chi connectivity index (χ2n) is 11.2. The van der Waals surface area contributed by atoms with Crippen LogP contribution in [0.3, 0.4) is 0 Å².